The van der Waals surface area contributed by atoms with Gasteiger partial charge in [0.05, 0.1) is 54.3 Å². The molecule has 0 unspecified atom stereocenters. The number of aromatic nitrogens is 14. The molecule has 0 saturated carbocycles. The second kappa shape index (κ2) is 46.9. The molecular formula is C77H71N19. The van der Waals surface area contributed by atoms with Gasteiger partial charge in [0.2, 0.25) is 0 Å². The van der Waals surface area contributed by atoms with E-state index >= 15 is 0 Å². The number of H-pyrrole nitrogens is 1. The number of benzene rings is 6. The minimum atomic E-state index is 0.760. The monoisotopic (exact) mass is 1260 g/mol. The van der Waals surface area contributed by atoms with Crippen molar-refractivity contribution in [1.29, 1.82) is 0 Å². The van der Waals surface area contributed by atoms with Crippen molar-refractivity contribution in [3.63, 3.8) is 0 Å². The van der Waals surface area contributed by atoms with Crippen LogP contribution < -0.4 is 0 Å². The fraction of sp³-hybridized carbons (Fsp3) is 0.0649. The van der Waals surface area contributed by atoms with Crippen LogP contribution in [-0.4, -0.2) is 95.7 Å². The predicted molar refractivity (Wildman–Crippen MR) is 386 cm³/mol. The number of allylic oxidation sites excluding steroid dienone is 3. The first kappa shape index (κ1) is 70.3. The van der Waals surface area contributed by atoms with E-state index in [4.69, 9.17) is 0 Å². The minimum Gasteiger partial charge on any atom is -0.289 e. The summed E-state index contributed by atoms with van der Waals surface area (Å²) in [5, 5.41) is 27.8. The van der Waals surface area contributed by atoms with Crippen LogP contribution in [0, 0.1) is 0 Å². The average molecular weight is 1260 g/mol. The Labute approximate surface area is 558 Å². The van der Waals surface area contributed by atoms with Crippen molar-refractivity contribution in [2.45, 2.75) is 25.9 Å². The Morgan fingerprint density at radius 1 is 0.365 bits per heavy atom. The molecule has 0 saturated heterocycles. The number of rotatable bonds is 0. The second-order valence-electron chi connectivity index (χ2n) is 19.3. The Kier molecular flexibility index (Phi) is 34.3. The number of azo groups is 1. The molecule has 12 heterocycles. The van der Waals surface area contributed by atoms with Crippen molar-refractivity contribution >= 4 is 63.1 Å². The molecule has 5 aliphatic rings. The standard InChI is InChI=1S/2C9H7N.C9H8.C8H6N2.C8H7N.C7H6N2.C5H5N.3C4H4N2.2C4H5N.C2H3N3/c1-2-6-9-8(4-1)5-3-7-10-9;1-2-4-9-7-10-6-5-8(9)3-1;1-2-5-9-7-3-6-8(9)4-1;1-2-4-8-7(3-1)9-5-6-10-8;1-2-4-8-6-9-5-7(8)3-1;1-2-4-7-6(3-1)5-8-9-7;1-2-4-6-5-3-1;1-2-6-4-3-5-1;1-2-5-4-6-3-1;1-2-4-6-5-3-1;3*1-2-4-5-3-1/h2*1-7H;1-6H,7H2;1-6H;1-5H,6H2;1-4H,5H2;1-5H;3*1-4H;1,3-4H,2H2;1-3H,4H2;1-2H,(H,3,4,5). The highest BCUT2D eigenvalue weighted by molar-refractivity contribution is 5.84. The fourth-order valence-corrected chi connectivity index (χ4v) is 7.97. The molecule has 0 atom stereocenters. The van der Waals surface area contributed by atoms with E-state index in [1.807, 2.05) is 177 Å². The van der Waals surface area contributed by atoms with E-state index in [1.165, 1.54) is 50.3 Å². The molecule has 0 fully saturated rings. The van der Waals surface area contributed by atoms with E-state index in [1.54, 1.807) is 105 Å². The Bertz CT molecular complexity index is 3690. The Morgan fingerprint density at radius 3 is 1.46 bits per heavy atom. The van der Waals surface area contributed by atoms with E-state index < -0.39 is 0 Å². The number of para-hydroxylation sites is 3. The lowest BCUT2D eigenvalue weighted by Gasteiger charge is -1.93. The summed E-state index contributed by atoms with van der Waals surface area (Å²) in [6.07, 6.45) is 50.2. The highest BCUT2D eigenvalue weighted by Gasteiger charge is 2.04. The summed E-state index contributed by atoms with van der Waals surface area (Å²) < 4.78 is 0. The van der Waals surface area contributed by atoms with Crippen LogP contribution in [0.2, 0.25) is 0 Å². The van der Waals surface area contributed by atoms with Gasteiger partial charge in [0.25, 0.3) is 0 Å². The first-order chi connectivity index (χ1) is 47.8. The quantitative estimate of drug-likeness (QED) is 0.149. The van der Waals surface area contributed by atoms with E-state index in [9.17, 15) is 0 Å². The predicted octanol–water partition coefficient (Wildman–Crippen LogP) is 16.2. The van der Waals surface area contributed by atoms with Gasteiger partial charge in [-0.2, -0.15) is 35.8 Å². The van der Waals surface area contributed by atoms with E-state index in [0.29, 0.717) is 0 Å². The van der Waals surface area contributed by atoms with Crippen LogP contribution in [-0.2, 0) is 19.5 Å². The molecule has 19 nitrogen and oxygen atoms in total. The van der Waals surface area contributed by atoms with Gasteiger partial charge in [0.1, 0.15) is 6.33 Å². The molecule has 8 aromatic heterocycles. The van der Waals surface area contributed by atoms with Crippen molar-refractivity contribution < 1.29 is 0 Å². The molecule has 4 aliphatic heterocycles. The highest BCUT2D eigenvalue weighted by Crippen LogP contribution is 2.25. The first-order valence-corrected chi connectivity index (χ1v) is 30.4. The van der Waals surface area contributed by atoms with Gasteiger partial charge < -0.3 is 0 Å². The summed E-state index contributed by atoms with van der Waals surface area (Å²) in [5.41, 5.74) is 10.7. The van der Waals surface area contributed by atoms with Gasteiger partial charge in [-0.05, 0) is 112 Å². The zero-order chi connectivity index (χ0) is 66.3. The van der Waals surface area contributed by atoms with Crippen LogP contribution in [0.1, 0.15) is 34.2 Å². The Balaban J connectivity index is 0.000000148. The van der Waals surface area contributed by atoms with E-state index in [0.717, 1.165) is 54.7 Å². The third kappa shape index (κ3) is 30.1. The van der Waals surface area contributed by atoms with Gasteiger partial charge >= 0.3 is 0 Å². The summed E-state index contributed by atoms with van der Waals surface area (Å²) in [4.78, 5) is 46.8. The highest BCUT2D eigenvalue weighted by atomic mass is 15.3. The number of aliphatic imine (C=N–C) groups is 3. The molecular weight excluding hydrogens is 1190 g/mol. The normalized spacial score (nSPS) is 11.2. The molecule has 19 rings (SSSR count). The molecule has 1 N–H and O–H groups in total. The SMILES string of the molecule is C1=CCN=C1.C1=CN=CC1.C1=Cc2ccccc2C1.C1=NCc2ccccc21.c1ccc2c(c1)CN=N2.c1ccc2cnccc2c1.c1ccc2ncccc2c1.c1ccc2nccnc2c1.c1ccncc1.c1ccnnc1.c1cn[nH]n1.c1cnccn1.c1cncnc1. The summed E-state index contributed by atoms with van der Waals surface area (Å²) in [6, 6.07) is 66.0. The van der Waals surface area contributed by atoms with Crippen LogP contribution >= 0.6 is 0 Å². The van der Waals surface area contributed by atoms with Crippen LogP contribution in [0.25, 0.3) is 38.8 Å². The number of pyridine rings is 3. The molecule has 96 heavy (non-hydrogen) atoms. The van der Waals surface area contributed by atoms with Crippen LogP contribution in [0.5, 0.6) is 0 Å². The van der Waals surface area contributed by atoms with Crippen LogP contribution in [0.3, 0.4) is 0 Å². The number of aromatic amines is 1. The van der Waals surface area contributed by atoms with Gasteiger partial charge in [-0.3, -0.25) is 49.9 Å². The fourth-order valence-electron chi connectivity index (χ4n) is 7.97. The molecule has 0 radical (unpaired) electrons. The van der Waals surface area contributed by atoms with Crippen molar-refractivity contribution in [2.75, 3.05) is 6.54 Å². The lowest BCUT2D eigenvalue weighted by molar-refractivity contribution is 0.940. The molecule has 6 aromatic carbocycles. The Hall–Kier alpha value is -13.2. The number of fused-ring (bicyclic) bond motifs is 6. The Morgan fingerprint density at radius 2 is 0.958 bits per heavy atom. The number of nitrogens with zero attached hydrogens (tertiary/aromatic N) is 18. The lowest BCUT2D eigenvalue weighted by atomic mass is 10.1. The number of hydrogen-bond donors (Lipinski definition) is 1. The number of hydrogen-bond acceptors (Lipinski definition) is 18. The first-order valence-electron chi connectivity index (χ1n) is 30.4. The molecule has 14 aromatic rings. The van der Waals surface area contributed by atoms with E-state index in [-0.39, 0.29) is 0 Å². The maximum absolute atomic E-state index is 4.18. The van der Waals surface area contributed by atoms with Crippen molar-refractivity contribution in [1.82, 2.24) is 70.5 Å². The lowest BCUT2D eigenvalue weighted by Crippen LogP contribution is -1.79. The van der Waals surface area contributed by atoms with Gasteiger partial charge in [-0.1, -0.05) is 158 Å². The molecule has 0 bridgehead atoms. The van der Waals surface area contributed by atoms with Gasteiger partial charge in [0, 0.05) is 135 Å². The summed E-state index contributed by atoms with van der Waals surface area (Å²) in [5.74, 6) is 0. The average Bonchev–Trinajstić information content (AvgIpc) is 2.88. The molecule has 0 spiro atoms. The van der Waals surface area contributed by atoms with Crippen LogP contribution in [0.15, 0.2) is 368 Å². The maximum Gasteiger partial charge on any atom is 0.115 e. The van der Waals surface area contributed by atoms with Gasteiger partial charge in [0.15, 0.2) is 0 Å². The third-order valence-electron chi connectivity index (χ3n) is 12.5. The molecule has 0 amide bonds. The summed E-state index contributed by atoms with van der Waals surface area (Å²) >= 11 is 0. The second-order valence-corrected chi connectivity index (χ2v) is 19.3. The smallest absolute Gasteiger partial charge is 0.115 e. The van der Waals surface area contributed by atoms with Gasteiger partial charge in [-0.25, -0.2) is 9.97 Å². The van der Waals surface area contributed by atoms with E-state index in [2.05, 4.69) is 175 Å². The molecule has 474 valence electrons. The topological polar surface area (TPSA) is 245 Å². The minimum absolute atomic E-state index is 0.760. The molecule has 19 heteroatoms. The van der Waals surface area contributed by atoms with Crippen molar-refractivity contribution in [2.24, 2.45) is 25.2 Å². The summed E-state index contributed by atoms with van der Waals surface area (Å²) in [7, 11) is 0. The van der Waals surface area contributed by atoms with Crippen molar-refractivity contribution in [3.8, 4) is 0 Å². The molecule has 1 aliphatic carbocycles. The zero-order valence-electron chi connectivity index (χ0n) is 52.7. The van der Waals surface area contributed by atoms with Crippen LogP contribution in [0.4, 0.5) is 5.69 Å². The third-order valence-corrected chi connectivity index (χ3v) is 12.5. The maximum atomic E-state index is 4.18. The number of nitrogens with one attached hydrogen (secondary N) is 1. The largest absolute Gasteiger partial charge is 0.289 e. The van der Waals surface area contributed by atoms with Crippen molar-refractivity contribution in [3.05, 3.63) is 370 Å². The summed E-state index contributed by atoms with van der Waals surface area (Å²) in [6.45, 7) is 2.52. The van der Waals surface area contributed by atoms with Gasteiger partial charge in [-0.15, -0.1) is 0 Å². The zero-order valence-corrected chi connectivity index (χ0v) is 52.7.